The smallest absolute Gasteiger partial charge is 0.138 e. The van der Waals surface area contributed by atoms with Crippen LogP contribution in [-0.4, -0.2) is 11.7 Å². The molecule has 2 aromatic carbocycles. The standard InChI is InChI=1S/C15H12O3/c16-9-5-6-11-14(7-9)17-8-12-10-3-1-2-4-13(10)18-15(11)12/h1-7,12,15-16H,8H2/t12-,15+/m0/s1. The van der Waals surface area contributed by atoms with Crippen LogP contribution in [0.1, 0.15) is 23.1 Å². The van der Waals surface area contributed by atoms with Crippen LogP contribution in [0.4, 0.5) is 0 Å². The number of rotatable bonds is 0. The van der Waals surface area contributed by atoms with Crippen molar-refractivity contribution < 1.29 is 14.6 Å². The summed E-state index contributed by atoms with van der Waals surface area (Å²) in [6, 6.07) is 13.3. The molecule has 2 aromatic rings. The summed E-state index contributed by atoms with van der Waals surface area (Å²) in [5, 5.41) is 9.48. The molecule has 4 rings (SSSR count). The molecule has 2 aliphatic rings. The third-order valence-corrected chi connectivity index (χ3v) is 3.66. The zero-order valence-corrected chi connectivity index (χ0v) is 9.67. The van der Waals surface area contributed by atoms with Gasteiger partial charge in [0.15, 0.2) is 0 Å². The Balaban J connectivity index is 1.83. The fourth-order valence-electron chi connectivity index (χ4n) is 2.80. The molecule has 0 amide bonds. The van der Waals surface area contributed by atoms with Crippen molar-refractivity contribution in [1.29, 1.82) is 0 Å². The number of aromatic hydroxyl groups is 1. The molecule has 0 saturated carbocycles. The number of phenols is 1. The van der Waals surface area contributed by atoms with Gasteiger partial charge in [-0.25, -0.2) is 0 Å². The first-order chi connectivity index (χ1) is 8.83. The SMILES string of the molecule is Oc1ccc2c(c1)OC[C@H]1c3ccccc3O[C@H]21. The van der Waals surface area contributed by atoms with E-state index in [0.717, 1.165) is 17.1 Å². The summed E-state index contributed by atoms with van der Waals surface area (Å²) in [4.78, 5) is 0. The Kier molecular flexibility index (Phi) is 1.87. The lowest BCUT2D eigenvalue weighted by atomic mass is 9.89. The Morgan fingerprint density at radius 1 is 1.00 bits per heavy atom. The lowest BCUT2D eigenvalue weighted by Gasteiger charge is -2.27. The number of hydrogen-bond acceptors (Lipinski definition) is 3. The molecule has 0 unspecified atom stereocenters. The van der Waals surface area contributed by atoms with Crippen molar-refractivity contribution in [3.8, 4) is 17.2 Å². The largest absolute Gasteiger partial charge is 0.508 e. The molecule has 0 radical (unpaired) electrons. The summed E-state index contributed by atoms with van der Waals surface area (Å²) in [6.07, 6.45) is 0.00625. The maximum atomic E-state index is 9.48. The normalized spacial score (nSPS) is 23.3. The van der Waals surface area contributed by atoms with E-state index in [-0.39, 0.29) is 17.8 Å². The van der Waals surface area contributed by atoms with Crippen molar-refractivity contribution in [2.45, 2.75) is 12.0 Å². The van der Waals surface area contributed by atoms with Crippen LogP contribution in [0.5, 0.6) is 17.2 Å². The number of benzene rings is 2. The second-order valence-electron chi connectivity index (χ2n) is 4.72. The molecular weight excluding hydrogens is 228 g/mol. The van der Waals surface area contributed by atoms with E-state index >= 15 is 0 Å². The van der Waals surface area contributed by atoms with E-state index in [1.807, 2.05) is 24.3 Å². The average Bonchev–Trinajstić information content (AvgIpc) is 2.77. The molecule has 3 heteroatoms. The van der Waals surface area contributed by atoms with Crippen molar-refractivity contribution in [3.63, 3.8) is 0 Å². The van der Waals surface area contributed by atoms with Crippen LogP contribution in [-0.2, 0) is 0 Å². The Labute approximate surface area is 105 Å². The van der Waals surface area contributed by atoms with E-state index in [9.17, 15) is 5.11 Å². The van der Waals surface area contributed by atoms with Crippen molar-refractivity contribution >= 4 is 0 Å². The minimum atomic E-state index is 0.00625. The second kappa shape index (κ2) is 3.42. The minimum absolute atomic E-state index is 0.00625. The van der Waals surface area contributed by atoms with Gasteiger partial charge in [0.2, 0.25) is 0 Å². The van der Waals surface area contributed by atoms with Crippen molar-refractivity contribution in [2.24, 2.45) is 0 Å². The molecule has 0 aromatic heterocycles. The van der Waals surface area contributed by atoms with Gasteiger partial charge in [-0.15, -0.1) is 0 Å². The molecule has 18 heavy (non-hydrogen) atoms. The number of ether oxygens (including phenoxy) is 2. The Bertz CT molecular complexity index is 621. The molecule has 0 fully saturated rings. The van der Waals surface area contributed by atoms with Crippen molar-refractivity contribution in [2.75, 3.05) is 6.61 Å². The quantitative estimate of drug-likeness (QED) is 0.769. The molecule has 3 nitrogen and oxygen atoms in total. The van der Waals surface area contributed by atoms with Gasteiger partial charge in [-0.1, -0.05) is 18.2 Å². The first-order valence-electron chi connectivity index (χ1n) is 6.04. The van der Waals surface area contributed by atoms with Crippen LogP contribution in [0.2, 0.25) is 0 Å². The topological polar surface area (TPSA) is 38.7 Å². The molecule has 0 saturated heterocycles. The predicted molar refractivity (Wildman–Crippen MR) is 66.2 cm³/mol. The van der Waals surface area contributed by atoms with Gasteiger partial charge >= 0.3 is 0 Å². The van der Waals surface area contributed by atoms with E-state index in [4.69, 9.17) is 9.47 Å². The molecule has 90 valence electrons. The van der Waals surface area contributed by atoms with E-state index in [0.29, 0.717) is 6.61 Å². The van der Waals surface area contributed by atoms with Crippen LogP contribution >= 0.6 is 0 Å². The van der Waals surface area contributed by atoms with Crippen molar-refractivity contribution in [1.82, 2.24) is 0 Å². The van der Waals surface area contributed by atoms with E-state index in [1.54, 1.807) is 12.1 Å². The van der Waals surface area contributed by atoms with Gasteiger partial charge in [0.1, 0.15) is 23.4 Å². The number of hydrogen-bond donors (Lipinski definition) is 1. The molecule has 2 aliphatic heterocycles. The first-order valence-corrected chi connectivity index (χ1v) is 6.04. The summed E-state index contributed by atoms with van der Waals surface area (Å²) in [7, 11) is 0. The molecule has 2 atom stereocenters. The van der Waals surface area contributed by atoms with Gasteiger partial charge < -0.3 is 14.6 Å². The van der Waals surface area contributed by atoms with E-state index < -0.39 is 0 Å². The summed E-state index contributed by atoms with van der Waals surface area (Å²) < 4.78 is 11.8. The minimum Gasteiger partial charge on any atom is -0.508 e. The second-order valence-corrected chi connectivity index (χ2v) is 4.72. The lowest BCUT2D eigenvalue weighted by molar-refractivity contribution is 0.139. The highest BCUT2D eigenvalue weighted by atomic mass is 16.5. The first kappa shape index (κ1) is 9.83. The summed E-state index contributed by atoms with van der Waals surface area (Å²) >= 11 is 0. The molecule has 0 aliphatic carbocycles. The Morgan fingerprint density at radius 2 is 1.89 bits per heavy atom. The van der Waals surface area contributed by atoms with Crippen LogP contribution in [0.15, 0.2) is 42.5 Å². The van der Waals surface area contributed by atoms with Gasteiger partial charge in [0.05, 0.1) is 12.5 Å². The highest BCUT2D eigenvalue weighted by Gasteiger charge is 2.40. The zero-order chi connectivity index (χ0) is 12.1. The average molecular weight is 240 g/mol. The third kappa shape index (κ3) is 1.24. The van der Waals surface area contributed by atoms with Crippen LogP contribution < -0.4 is 9.47 Å². The fraction of sp³-hybridized carbons (Fsp3) is 0.200. The van der Waals surface area contributed by atoms with E-state index in [2.05, 4.69) is 6.07 Å². The monoisotopic (exact) mass is 240 g/mol. The summed E-state index contributed by atoms with van der Waals surface area (Å²) in [5.41, 5.74) is 2.22. The summed E-state index contributed by atoms with van der Waals surface area (Å²) in [5.74, 6) is 2.14. The number of fused-ring (bicyclic) bond motifs is 5. The maximum Gasteiger partial charge on any atom is 0.138 e. The van der Waals surface area contributed by atoms with E-state index in [1.165, 1.54) is 5.56 Å². The van der Waals surface area contributed by atoms with Gasteiger partial charge in [-0.3, -0.25) is 0 Å². The predicted octanol–water partition coefficient (Wildman–Crippen LogP) is 3.00. The fourth-order valence-corrected chi connectivity index (χ4v) is 2.80. The molecular formula is C15H12O3. The van der Waals surface area contributed by atoms with Crippen molar-refractivity contribution in [3.05, 3.63) is 53.6 Å². The Morgan fingerprint density at radius 3 is 2.83 bits per heavy atom. The lowest BCUT2D eigenvalue weighted by Crippen LogP contribution is -2.22. The zero-order valence-electron chi connectivity index (χ0n) is 9.67. The van der Waals surface area contributed by atoms with Gasteiger partial charge in [0.25, 0.3) is 0 Å². The molecule has 0 bridgehead atoms. The highest BCUT2D eigenvalue weighted by molar-refractivity contribution is 5.50. The van der Waals surface area contributed by atoms with Gasteiger partial charge in [-0.05, 0) is 18.2 Å². The van der Waals surface area contributed by atoms with Crippen LogP contribution in [0.3, 0.4) is 0 Å². The third-order valence-electron chi connectivity index (χ3n) is 3.66. The van der Waals surface area contributed by atoms with Crippen LogP contribution in [0, 0.1) is 0 Å². The molecule has 2 heterocycles. The summed E-state index contributed by atoms with van der Waals surface area (Å²) in [6.45, 7) is 0.595. The highest BCUT2D eigenvalue weighted by Crippen LogP contribution is 2.51. The molecule has 1 N–H and O–H groups in total. The van der Waals surface area contributed by atoms with Crippen LogP contribution in [0.25, 0.3) is 0 Å². The molecule has 0 spiro atoms. The van der Waals surface area contributed by atoms with Gasteiger partial charge in [0, 0.05) is 17.2 Å². The number of phenolic OH excluding ortho intramolecular Hbond substituents is 1. The maximum absolute atomic E-state index is 9.48. The number of para-hydroxylation sites is 1. The van der Waals surface area contributed by atoms with Gasteiger partial charge in [-0.2, -0.15) is 0 Å². The Hall–Kier alpha value is -2.16.